The molecule has 2 rings (SSSR count). The molecule has 1 N–H and O–H groups in total. The Balaban J connectivity index is 2.45. The first-order valence-electron chi connectivity index (χ1n) is 3.34. The first-order valence-corrected chi connectivity index (χ1v) is 3.34. The summed E-state index contributed by atoms with van der Waals surface area (Å²) >= 11 is 0. The van der Waals surface area contributed by atoms with E-state index in [0.29, 0.717) is 0 Å². The number of hydrogen-bond acceptors (Lipinski definition) is 2. The van der Waals surface area contributed by atoms with Gasteiger partial charge in [0, 0.05) is 25.6 Å². The molecule has 0 saturated heterocycles. The van der Waals surface area contributed by atoms with E-state index < -0.39 is 0 Å². The normalized spacial score (nSPS) is 10.3. The predicted octanol–water partition coefficient (Wildman–Crippen LogP) is 0.810. The second-order valence-corrected chi connectivity index (χ2v) is 2.34. The van der Waals surface area contributed by atoms with E-state index in [0.717, 1.165) is 11.4 Å². The molecule has 4 heteroatoms. The van der Waals surface area contributed by atoms with Crippen molar-refractivity contribution in [2.45, 2.75) is 0 Å². The van der Waals surface area contributed by atoms with Gasteiger partial charge in [-0.1, -0.05) is 0 Å². The Morgan fingerprint density at radius 3 is 3.00 bits per heavy atom. The lowest BCUT2D eigenvalue weighted by atomic mass is 10.3. The lowest BCUT2D eigenvalue weighted by molar-refractivity contribution is 0.768. The van der Waals surface area contributed by atoms with Crippen molar-refractivity contribution in [2.75, 3.05) is 0 Å². The Labute approximate surface area is 63.9 Å². The Morgan fingerprint density at radius 2 is 2.45 bits per heavy atom. The average molecular weight is 148 g/mol. The van der Waals surface area contributed by atoms with Gasteiger partial charge in [-0.2, -0.15) is 5.10 Å². The number of aromatic amines is 1. The lowest BCUT2D eigenvalue weighted by Gasteiger charge is -1.85. The maximum atomic E-state index is 4.09. The second-order valence-electron chi connectivity index (χ2n) is 2.34. The van der Waals surface area contributed by atoms with Crippen LogP contribution in [0.1, 0.15) is 0 Å². The minimum atomic E-state index is 0.859. The molecule has 11 heavy (non-hydrogen) atoms. The SMILES string of the molecule is Cn1cc(-c2ncc[nH]2)cn1. The van der Waals surface area contributed by atoms with Crippen LogP contribution in [0.15, 0.2) is 24.8 Å². The van der Waals surface area contributed by atoms with E-state index in [1.807, 2.05) is 13.2 Å². The summed E-state index contributed by atoms with van der Waals surface area (Å²) in [6.07, 6.45) is 7.21. The van der Waals surface area contributed by atoms with Gasteiger partial charge in [0.05, 0.1) is 11.8 Å². The molecule has 0 spiro atoms. The zero-order chi connectivity index (χ0) is 7.68. The molecule has 0 atom stereocenters. The predicted molar refractivity (Wildman–Crippen MR) is 40.8 cm³/mol. The third-order valence-corrected chi connectivity index (χ3v) is 1.48. The van der Waals surface area contributed by atoms with Gasteiger partial charge in [-0.15, -0.1) is 0 Å². The summed E-state index contributed by atoms with van der Waals surface area (Å²) in [6, 6.07) is 0. The molecule has 0 aliphatic rings. The van der Waals surface area contributed by atoms with Crippen LogP contribution < -0.4 is 0 Å². The molecule has 2 aromatic heterocycles. The molecular formula is C7H8N4. The third kappa shape index (κ3) is 1.02. The number of aromatic nitrogens is 4. The highest BCUT2D eigenvalue weighted by Crippen LogP contribution is 2.10. The van der Waals surface area contributed by atoms with Gasteiger partial charge in [-0.05, 0) is 0 Å². The topological polar surface area (TPSA) is 46.5 Å². The maximum Gasteiger partial charge on any atom is 0.140 e. The van der Waals surface area contributed by atoms with E-state index in [1.54, 1.807) is 23.3 Å². The van der Waals surface area contributed by atoms with Gasteiger partial charge in [-0.3, -0.25) is 4.68 Å². The number of H-pyrrole nitrogens is 1. The molecule has 0 fully saturated rings. The fraction of sp³-hybridized carbons (Fsp3) is 0.143. The van der Waals surface area contributed by atoms with Crippen LogP contribution >= 0.6 is 0 Å². The zero-order valence-electron chi connectivity index (χ0n) is 6.15. The molecule has 0 saturated carbocycles. The average Bonchev–Trinajstić information content (AvgIpc) is 2.55. The van der Waals surface area contributed by atoms with Gasteiger partial charge in [0.1, 0.15) is 5.82 Å². The summed E-state index contributed by atoms with van der Waals surface area (Å²) < 4.78 is 1.75. The van der Waals surface area contributed by atoms with Crippen molar-refractivity contribution in [1.29, 1.82) is 0 Å². The van der Waals surface area contributed by atoms with Gasteiger partial charge >= 0.3 is 0 Å². The highest BCUT2D eigenvalue weighted by Gasteiger charge is 1.99. The molecule has 0 amide bonds. The van der Waals surface area contributed by atoms with Crippen LogP contribution in [-0.2, 0) is 7.05 Å². The van der Waals surface area contributed by atoms with Crippen molar-refractivity contribution in [1.82, 2.24) is 19.7 Å². The van der Waals surface area contributed by atoms with Crippen LogP contribution in [0.2, 0.25) is 0 Å². The summed E-state index contributed by atoms with van der Waals surface area (Å²) in [5.41, 5.74) is 1.01. The lowest BCUT2D eigenvalue weighted by Crippen LogP contribution is -1.84. The molecule has 0 unspecified atom stereocenters. The maximum absolute atomic E-state index is 4.09. The fourth-order valence-electron chi connectivity index (χ4n) is 0.967. The summed E-state index contributed by atoms with van der Waals surface area (Å²) in [7, 11) is 1.88. The molecule has 56 valence electrons. The highest BCUT2D eigenvalue weighted by molar-refractivity contribution is 5.51. The highest BCUT2D eigenvalue weighted by atomic mass is 15.2. The van der Waals surface area contributed by atoms with Gasteiger partial charge in [0.2, 0.25) is 0 Å². The molecule has 0 bridgehead atoms. The molecule has 0 aliphatic carbocycles. The summed E-state index contributed by atoms with van der Waals surface area (Å²) in [5.74, 6) is 0.859. The van der Waals surface area contributed by atoms with Crippen LogP contribution in [-0.4, -0.2) is 19.7 Å². The van der Waals surface area contributed by atoms with E-state index in [-0.39, 0.29) is 0 Å². The fourth-order valence-corrected chi connectivity index (χ4v) is 0.967. The largest absolute Gasteiger partial charge is 0.345 e. The molecule has 4 nitrogen and oxygen atoms in total. The van der Waals surface area contributed by atoms with Crippen LogP contribution in [0.4, 0.5) is 0 Å². The summed E-state index contributed by atoms with van der Waals surface area (Å²) in [6.45, 7) is 0. The third-order valence-electron chi connectivity index (χ3n) is 1.48. The van der Waals surface area contributed by atoms with Crippen molar-refractivity contribution in [3.63, 3.8) is 0 Å². The quantitative estimate of drug-likeness (QED) is 0.650. The van der Waals surface area contributed by atoms with E-state index >= 15 is 0 Å². The van der Waals surface area contributed by atoms with Crippen molar-refractivity contribution >= 4 is 0 Å². The monoisotopic (exact) mass is 148 g/mol. The van der Waals surface area contributed by atoms with E-state index in [1.165, 1.54) is 0 Å². The standard InChI is InChI=1S/C7H8N4/c1-11-5-6(4-10-11)7-8-2-3-9-7/h2-5H,1H3,(H,8,9). The zero-order valence-corrected chi connectivity index (χ0v) is 6.15. The van der Waals surface area contributed by atoms with Crippen LogP contribution in [0.5, 0.6) is 0 Å². The Bertz CT molecular complexity index is 333. The van der Waals surface area contributed by atoms with Crippen molar-refractivity contribution in [2.24, 2.45) is 7.05 Å². The number of nitrogens with zero attached hydrogens (tertiary/aromatic N) is 3. The van der Waals surface area contributed by atoms with Gasteiger partial charge < -0.3 is 4.98 Å². The van der Waals surface area contributed by atoms with E-state index in [9.17, 15) is 0 Å². The van der Waals surface area contributed by atoms with E-state index in [2.05, 4.69) is 15.1 Å². The number of nitrogens with one attached hydrogen (secondary N) is 1. The Morgan fingerprint density at radius 1 is 1.55 bits per heavy atom. The van der Waals surface area contributed by atoms with Crippen molar-refractivity contribution in [3.05, 3.63) is 24.8 Å². The number of aryl methyl sites for hydroxylation is 1. The second kappa shape index (κ2) is 2.23. The van der Waals surface area contributed by atoms with Gasteiger partial charge in [-0.25, -0.2) is 4.98 Å². The van der Waals surface area contributed by atoms with Gasteiger partial charge in [0.25, 0.3) is 0 Å². The van der Waals surface area contributed by atoms with E-state index in [4.69, 9.17) is 0 Å². The van der Waals surface area contributed by atoms with Gasteiger partial charge in [0.15, 0.2) is 0 Å². The molecule has 2 aromatic rings. The Kier molecular flexibility index (Phi) is 1.25. The van der Waals surface area contributed by atoms with Crippen molar-refractivity contribution < 1.29 is 0 Å². The van der Waals surface area contributed by atoms with Crippen LogP contribution in [0.3, 0.4) is 0 Å². The molecule has 2 heterocycles. The first-order chi connectivity index (χ1) is 5.36. The first kappa shape index (κ1) is 6.15. The minimum absolute atomic E-state index is 0.859. The summed E-state index contributed by atoms with van der Waals surface area (Å²) in [4.78, 5) is 7.09. The molecule has 0 aliphatic heterocycles. The molecular weight excluding hydrogens is 140 g/mol. The minimum Gasteiger partial charge on any atom is -0.345 e. The Hall–Kier alpha value is -1.58. The number of hydrogen-bond donors (Lipinski definition) is 1. The molecule has 0 aromatic carbocycles. The van der Waals surface area contributed by atoms with Crippen LogP contribution in [0.25, 0.3) is 11.4 Å². The summed E-state index contributed by atoms with van der Waals surface area (Å²) in [5, 5.41) is 4.03. The smallest absolute Gasteiger partial charge is 0.140 e. The number of rotatable bonds is 1. The van der Waals surface area contributed by atoms with Crippen LogP contribution in [0, 0.1) is 0 Å². The van der Waals surface area contributed by atoms with Crippen molar-refractivity contribution in [3.8, 4) is 11.4 Å². The molecule has 0 radical (unpaired) electrons. The number of imidazole rings is 1.